The van der Waals surface area contributed by atoms with E-state index >= 15 is 0 Å². The molecule has 0 aliphatic rings. The average molecular weight is 344 g/mol. The van der Waals surface area contributed by atoms with Crippen LogP contribution in [0.4, 0.5) is 13.2 Å². The van der Waals surface area contributed by atoms with E-state index in [1.54, 1.807) is 0 Å². The van der Waals surface area contributed by atoms with Crippen molar-refractivity contribution < 1.29 is 32.4 Å². The first-order chi connectivity index (χ1) is 9.77. The Morgan fingerprint density at radius 3 is 2.27 bits per heavy atom. The second-order valence-electron chi connectivity index (χ2n) is 4.79. The summed E-state index contributed by atoms with van der Waals surface area (Å²) in [6.45, 7) is 6.17. The van der Waals surface area contributed by atoms with Gasteiger partial charge in [-0.25, -0.2) is 4.21 Å². The van der Waals surface area contributed by atoms with Gasteiger partial charge in [0.15, 0.2) is 5.60 Å². The van der Waals surface area contributed by atoms with E-state index in [0.29, 0.717) is 0 Å². The summed E-state index contributed by atoms with van der Waals surface area (Å²) in [5, 5.41) is 18.3. The minimum Gasteiger partial charge on any atom is -0.480 e. The number of hydrogen-bond donors (Lipinski definition) is 4. The molecule has 0 heterocycles. The number of rotatable bonds is 9. The summed E-state index contributed by atoms with van der Waals surface area (Å²) >= 11 is 0. The first-order valence-electron chi connectivity index (χ1n) is 6.10. The lowest BCUT2D eigenvalue weighted by atomic mass is 9.91. The number of carboxylic acids is 1. The van der Waals surface area contributed by atoms with E-state index in [4.69, 9.17) is 15.6 Å². The molecule has 128 valence electrons. The zero-order valence-corrected chi connectivity index (χ0v) is 12.5. The molecule has 0 rings (SSSR count). The summed E-state index contributed by atoms with van der Waals surface area (Å²) in [4.78, 5) is 10.5. The molecule has 5 N–H and O–H groups in total. The topological polar surface area (TPSA) is 124 Å². The fourth-order valence-corrected chi connectivity index (χ4v) is 2.97. The molecule has 0 amide bonds. The van der Waals surface area contributed by atoms with Gasteiger partial charge in [-0.3, -0.25) is 9.57 Å². The maximum atomic E-state index is 12.9. The van der Waals surface area contributed by atoms with Gasteiger partial charge < -0.3 is 15.9 Å². The minimum atomic E-state index is -5.06. The van der Waals surface area contributed by atoms with Crippen molar-refractivity contribution in [3.8, 4) is 0 Å². The van der Waals surface area contributed by atoms with Crippen LogP contribution in [-0.2, 0) is 14.5 Å². The number of nitrogens with one attached hydrogen (secondary N) is 1. The van der Waals surface area contributed by atoms with Gasteiger partial charge in [0.2, 0.25) is 0 Å². The summed E-state index contributed by atoms with van der Waals surface area (Å²) in [6.07, 6.45) is -5.68. The normalized spacial score (nSPS) is 18.8. The third-order valence-corrected chi connectivity index (χ3v) is 4.87. The standard InChI is InChI=1S/C12H19F3N2O4S/c1-3-8(2)11(20,12(13,14)15)5-7-22(17,21)6-4-9(16)10(18)19/h3,9,17,20H,1-2,4-7,16H2,(H,18,19)/t9-,11?,22?/m0/s1. The van der Waals surface area contributed by atoms with Crippen LogP contribution >= 0.6 is 0 Å². The van der Waals surface area contributed by atoms with E-state index in [2.05, 4.69) is 13.2 Å². The van der Waals surface area contributed by atoms with Gasteiger partial charge in [-0.05, 0) is 12.0 Å². The molecule has 0 aliphatic heterocycles. The van der Waals surface area contributed by atoms with Crippen LogP contribution in [0.5, 0.6) is 0 Å². The summed E-state index contributed by atoms with van der Waals surface area (Å²) in [5.74, 6) is -2.61. The van der Waals surface area contributed by atoms with Crippen molar-refractivity contribution >= 4 is 15.7 Å². The zero-order valence-electron chi connectivity index (χ0n) is 11.7. The lowest BCUT2D eigenvalue weighted by molar-refractivity contribution is -0.243. The Morgan fingerprint density at radius 2 is 1.91 bits per heavy atom. The van der Waals surface area contributed by atoms with Gasteiger partial charge in [0.1, 0.15) is 6.04 Å². The third-order valence-electron chi connectivity index (χ3n) is 3.12. The highest BCUT2D eigenvalue weighted by atomic mass is 32.2. The van der Waals surface area contributed by atoms with Gasteiger partial charge in [0, 0.05) is 27.7 Å². The molecular weight excluding hydrogens is 325 g/mol. The van der Waals surface area contributed by atoms with Gasteiger partial charge in [0.25, 0.3) is 0 Å². The van der Waals surface area contributed by atoms with Crippen LogP contribution in [0.2, 0.25) is 0 Å². The largest absolute Gasteiger partial charge is 0.480 e. The van der Waals surface area contributed by atoms with Crippen molar-refractivity contribution in [1.82, 2.24) is 0 Å². The lowest BCUT2D eigenvalue weighted by Gasteiger charge is -2.31. The molecule has 2 unspecified atom stereocenters. The number of carbonyl (C=O) groups is 1. The Labute approximate surface area is 126 Å². The first kappa shape index (κ1) is 20.6. The van der Waals surface area contributed by atoms with Gasteiger partial charge in [-0.15, -0.1) is 0 Å². The van der Waals surface area contributed by atoms with Crippen LogP contribution in [0, 0.1) is 4.78 Å². The fourth-order valence-electron chi connectivity index (χ4n) is 1.51. The second kappa shape index (κ2) is 7.25. The Balaban J connectivity index is 4.97. The van der Waals surface area contributed by atoms with Crippen molar-refractivity contribution in [2.45, 2.75) is 30.7 Å². The highest BCUT2D eigenvalue weighted by Crippen LogP contribution is 2.39. The lowest BCUT2D eigenvalue weighted by Crippen LogP contribution is -2.47. The molecule has 0 bridgehead atoms. The molecule has 6 nitrogen and oxygen atoms in total. The Hall–Kier alpha value is -1.39. The Bertz CT molecular complexity index is 545. The number of aliphatic carboxylic acids is 1. The molecule has 0 aromatic carbocycles. The Morgan fingerprint density at radius 1 is 1.41 bits per heavy atom. The number of aliphatic hydroxyl groups is 1. The minimum absolute atomic E-state index is 0.315. The number of hydrogen-bond acceptors (Lipinski definition) is 5. The molecule has 0 spiro atoms. The molecule has 0 fully saturated rings. The second-order valence-corrected chi connectivity index (χ2v) is 7.23. The monoisotopic (exact) mass is 344 g/mol. The number of halogens is 3. The molecule has 10 heteroatoms. The number of alkyl halides is 3. The fraction of sp³-hybridized carbons (Fsp3) is 0.583. The van der Waals surface area contributed by atoms with Crippen LogP contribution in [-0.4, -0.2) is 49.7 Å². The first-order valence-corrected chi connectivity index (χ1v) is 8.00. The van der Waals surface area contributed by atoms with Crippen LogP contribution in [0.3, 0.4) is 0 Å². The maximum absolute atomic E-state index is 12.9. The van der Waals surface area contributed by atoms with E-state index < -0.39 is 57.0 Å². The average Bonchev–Trinajstić information content (AvgIpc) is 2.39. The van der Waals surface area contributed by atoms with Crippen LogP contribution in [0.25, 0.3) is 0 Å². The molecule has 0 aliphatic carbocycles. The maximum Gasteiger partial charge on any atom is 0.421 e. The van der Waals surface area contributed by atoms with E-state index in [9.17, 15) is 27.3 Å². The molecule has 3 atom stereocenters. The van der Waals surface area contributed by atoms with Crippen molar-refractivity contribution in [3.63, 3.8) is 0 Å². The van der Waals surface area contributed by atoms with Crippen LogP contribution < -0.4 is 5.73 Å². The predicted octanol–water partition coefficient (Wildman–Crippen LogP) is 1.26. The molecule has 22 heavy (non-hydrogen) atoms. The summed E-state index contributed by atoms with van der Waals surface area (Å²) in [5.41, 5.74) is 1.14. The van der Waals surface area contributed by atoms with Crippen molar-refractivity contribution in [2.24, 2.45) is 5.73 Å². The highest BCUT2D eigenvalue weighted by Gasteiger charge is 2.54. The summed E-state index contributed by atoms with van der Waals surface area (Å²) in [6, 6.07) is -1.35. The molecule has 0 radical (unpaired) electrons. The SMILES string of the molecule is C=CC(=C)C(O)(CCS(=N)(=O)CC[C@H](N)C(=O)O)C(F)(F)F. The third kappa shape index (κ3) is 5.43. The number of nitrogens with two attached hydrogens (primary N) is 1. The van der Waals surface area contributed by atoms with E-state index in [-0.39, 0.29) is 6.42 Å². The van der Waals surface area contributed by atoms with Crippen molar-refractivity contribution in [3.05, 3.63) is 24.8 Å². The molecule has 0 aromatic heterocycles. The quantitative estimate of drug-likeness (QED) is 0.469. The predicted molar refractivity (Wildman–Crippen MR) is 75.8 cm³/mol. The van der Waals surface area contributed by atoms with Crippen LogP contribution in [0.15, 0.2) is 24.8 Å². The van der Waals surface area contributed by atoms with Crippen LogP contribution in [0.1, 0.15) is 12.8 Å². The van der Waals surface area contributed by atoms with Crippen molar-refractivity contribution in [2.75, 3.05) is 11.5 Å². The summed E-state index contributed by atoms with van der Waals surface area (Å²) < 4.78 is 58.1. The van der Waals surface area contributed by atoms with Gasteiger partial charge in [0.05, 0.1) is 0 Å². The van der Waals surface area contributed by atoms with Gasteiger partial charge in [-0.1, -0.05) is 19.2 Å². The van der Waals surface area contributed by atoms with Crippen molar-refractivity contribution in [1.29, 1.82) is 4.78 Å². The highest BCUT2D eigenvalue weighted by molar-refractivity contribution is 7.92. The smallest absolute Gasteiger partial charge is 0.421 e. The molecular formula is C12H19F3N2O4S. The van der Waals surface area contributed by atoms with Gasteiger partial charge >= 0.3 is 12.1 Å². The number of carboxylic acid groups (broad SMARTS) is 1. The van der Waals surface area contributed by atoms with E-state index in [1.165, 1.54) is 0 Å². The van der Waals surface area contributed by atoms with Gasteiger partial charge in [-0.2, -0.15) is 13.2 Å². The van der Waals surface area contributed by atoms with E-state index in [0.717, 1.165) is 6.08 Å². The molecule has 0 aromatic rings. The molecule has 0 saturated heterocycles. The molecule has 0 saturated carbocycles. The Kier molecular flexibility index (Phi) is 6.79. The summed E-state index contributed by atoms with van der Waals surface area (Å²) in [7, 11) is -3.52. The zero-order chi connectivity index (χ0) is 17.8. The van der Waals surface area contributed by atoms with E-state index in [1.807, 2.05) is 0 Å².